The van der Waals surface area contributed by atoms with Crippen molar-refractivity contribution in [1.29, 1.82) is 0 Å². The maximum atomic E-state index is 12.2. The Labute approximate surface area is 161 Å². The SMILES string of the molecule is CCOC(=O)COc1ccc(CCNC(=O)[C@@H]2CCC[C@@H]2CN)cc1.Cl. The predicted octanol–water partition coefficient (Wildman–Crippen LogP) is 2.08. The van der Waals surface area contributed by atoms with Crippen molar-refractivity contribution < 1.29 is 19.1 Å². The molecule has 3 N–H and O–H groups in total. The Bertz CT molecular complexity index is 565. The highest BCUT2D eigenvalue weighted by Gasteiger charge is 2.31. The van der Waals surface area contributed by atoms with Crippen LogP contribution in [0.25, 0.3) is 0 Å². The molecule has 1 amide bonds. The second kappa shape index (κ2) is 11.8. The van der Waals surface area contributed by atoms with Crippen LogP contribution >= 0.6 is 12.4 Å². The van der Waals surface area contributed by atoms with Crippen LogP contribution in [0, 0.1) is 11.8 Å². The summed E-state index contributed by atoms with van der Waals surface area (Å²) in [6, 6.07) is 7.51. The second-order valence-corrected chi connectivity index (χ2v) is 6.31. The first-order valence-corrected chi connectivity index (χ1v) is 8.99. The van der Waals surface area contributed by atoms with Crippen LogP contribution in [0.15, 0.2) is 24.3 Å². The first-order chi connectivity index (χ1) is 12.1. The standard InChI is InChI=1S/C19H28N2O4.ClH/c1-2-24-18(22)13-25-16-8-6-14(7-9-16)10-11-21-19(23)17-5-3-4-15(17)12-20;/h6-9,15,17H,2-5,10-13,20H2,1H3,(H,21,23);1H/t15-,17-;/m1./s1. The smallest absolute Gasteiger partial charge is 0.344 e. The molecule has 0 aliphatic heterocycles. The fourth-order valence-corrected chi connectivity index (χ4v) is 3.22. The number of carbonyl (C=O) groups is 2. The topological polar surface area (TPSA) is 90.6 Å². The van der Waals surface area contributed by atoms with Gasteiger partial charge in [-0.3, -0.25) is 4.79 Å². The summed E-state index contributed by atoms with van der Waals surface area (Å²) in [5.74, 6) is 0.774. The molecule has 6 nitrogen and oxygen atoms in total. The molecular formula is C19H29ClN2O4. The van der Waals surface area contributed by atoms with E-state index in [9.17, 15) is 9.59 Å². The van der Waals surface area contributed by atoms with E-state index < -0.39 is 0 Å². The van der Waals surface area contributed by atoms with E-state index in [1.165, 1.54) is 0 Å². The molecule has 1 aliphatic rings. The summed E-state index contributed by atoms with van der Waals surface area (Å²) in [7, 11) is 0. The number of hydrogen-bond donors (Lipinski definition) is 2. The van der Waals surface area contributed by atoms with Gasteiger partial charge in [0.05, 0.1) is 6.61 Å². The van der Waals surface area contributed by atoms with Crippen molar-refractivity contribution in [2.45, 2.75) is 32.6 Å². The third-order valence-corrected chi connectivity index (χ3v) is 4.60. The lowest BCUT2D eigenvalue weighted by molar-refractivity contribution is -0.145. The highest BCUT2D eigenvalue weighted by atomic mass is 35.5. The Morgan fingerprint density at radius 2 is 1.96 bits per heavy atom. The monoisotopic (exact) mass is 384 g/mol. The molecule has 0 aromatic heterocycles. The summed E-state index contributed by atoms with van der Waals surface area (Å²) in [4.78, 5) is 23.5. The van der Waals surface area contributed by atoms with E-state index in [1.807, 2.05) is 24.3 Å². The third kappa shape index (κ3) is 6.84. The Morgan fingerprint density at radius 1 is 1.23 bits per heavy atom. The van der Waals surface area contributed by atoms with Crippen LogP contribution in [-0.2, 0) is 20.7 Å². The minimum absolute atomic E-state index is 0. The van der Waals surface area contributed by atoms with E-state index in [0.29, 0.717) is 31.4 Å². The van der Waals surface area contributed by atoms with Gasteiger partial charge in [0.1, 0.15) is 5.75 Å². The van der Waals surface area contributed by atoms with Crippen molar-refractivity contribution in [3.8, 4) is 5.75 Å². The molecule has 0 spiro atoms. The second-order valence-electron chi connectivity index (χ2n) is 6.31. The summed E-state index contributed by atoms with van der Waals surface area (Å²) >= 11 is 0. The molecule has 0 bridgehead atoms. The van der Waals surface area contributed by atoms with E-state index in [1.54, 1.807) is 6.92 Å². The molecule has 7 heteroatoms. The molecule has 1 saturated carbocycles. The van der Waals surface area contributed by atoms with Gasteiger partial charge < -0.3 is 20.5 Å². The van der Waals surface area contributed by atoms with Gasteiger partial charge in [0, 0.05) is 12.5 Å². The largest absolute Gasteiger partial charge is 0.482 e. The number of rotatable bonds is 9. The Hall–Kier alpha value is -1.79. The lowest BCUT2D eigenvalue weighted by Gasteiger charge is -2.17. The zero-order valence-electron chi connectivity index (χ0n) is 15.2. The van der Waals surface area contributed by atoms with Crippen LogP contribution in [0.4, 0.5) is 0 Å². The predicted molar refractivity (Wildman–Crippen MR) is 102 cm³/mol. The van der Waals surface area contributed by atoms with Crippen LogP contribution in [0.5, 0.6) is 5.75 Å². The highest BCUT2D eigenvalue weighted by molar-refractivity contribution is 5.85. The first-order valence-electron chi connectivity index (χ1n) is 8.99. The summed E-state index contributed by atoms with van der Waals surface area (Å²) in [6.07, 6.45) is 3.85. The minimum atomic E-state index is -0.378. The summed E-state index contributed by atoms with van der Waals surface area (Å²) in [6.45, 7) is 3.21. The van der Waals surface area contributed by atoms with Crippen molar-refractivity contribution in [1.82, 2.24) is 5.32 Å². The van der Waals surface area contributed by atoms with Crippen LogP contribution in [0.3, 0.4) is 0 Å². The zero-order chi connectivity index (χ0) is 18.1. The van der Waals surface area contributed by atoms with E-state index in [0.717, 1.165) is 31.2 Å². The number of nitrogens with two attached hydrogens (primary N) is 1. The molecule has 1 aromatic carbocycles. The van der Waals surface area contributed by atoms with Crippen molar-refractivity contribution in [3.63, 3.8) is 0 Å². The maximum Gasteiger partial charge on any atom is 0.344 e. The quantitative estimate of drug-likeness (QED) is 0.636. The molecule has 146 valence electrons. The number of carbonyl (C=O) groups excluding carboxylic acids is 2. The van der Waals surface area contributed by atoms with Gasteiger partial charge in [-0.2, -0.15) is 0 Å². The van der Waals surface area contributed by atoms with E-state index in [4.69, 9.17) is 15.2 Å². The lowest BCUT2D eigenvalue weighted by atomic mass is 9.95. The normalized spacial score (nSPS) is 18.7. The van der Waals surface area contributed by atoms with Crippen LogP contribution < -0.4 is 15.8 Å². The van der Waals surface area contributed by atoms with Crippen molar-refractivity contribution in [2.24, 2.45) is 17.6 Å². The fourth-order valence-electron chi connectivity index (χ4n) is 3.22. The van der Waals surface area contributed by atoms with Crippen LogP contribution in [0.2, 0.25) is 0 Å². The number of esters is 1. The summed E-state index contributed by atoms with van der Waals surface area (Å²) in [5.41, 5.74) is 6.84. The number of ether oxygens (including phenoxy) is 2. The molecule has 1 aliphatic carbocycles. The molecule has 0 heterocycles. The fraction of sp³-hybridized carbons (Fsp3) is 0.579. The van der Waals surface area contributed by atoms with E-state index in [-0.39, 0.29) is 36.8 Å². The van der Waals surface area contributed by atoms with Gasteiger partial charge in [0.2, 0.25) is 5.91 Å². The molecule has 0 radical (unpaired) electrons. The summed E-state index contributed by atoms with van der Waals surface area (Å²) < 4.78 is 10.2. The van der Waals surface area contributed by atoms with Crippen molar-refractivity contribution in [3.05, 3.63) is 29.8 Å². The Kier molecular flexibility index (Phi) is 10.1. The van der Waals surface area contributed by atoms with Gasteiger partial charge >= 0.3 is 5.97 Å². The van der Waals surface area contributed by atoms with Gasteiger partial charge in [-0.1, -0.05) is 18.6 Å². The summed E-state index contributed by atoms with van der Waals surface area (Å²) in [5, 5.41) is 3.02. The Balaban J connectivity index is 0.00000338. The van der Waals surface area contributed by atoms with Crippen molar-refractivity contribution >= 4 is 24.3 Å². The molecule has 0 unspecified atom stereocenters. The first kappa shape index (κ1) is 22.3. The molecule has 1 fully saturated rings. The van der Waals surface area contributed by atoms with Crippen LogP contribution in [-0.4, -0.2) is 38.2 Å². The minimum Gasteiger partial charge on any atom is -0.482 e. The highest BCUT2D eigenvalue weighted by Crippen LogP contribution is 2.30. The molecule has 2 atom stereocenters. The Morgan fingerprint density at radius 3 is 2.62 bits per heavy atom. The molecule has 26 heavy (non-hydrogen) atoms. The van der Waals surface area contributed by atoms with Gasteiger partial charge in [-0.25, -0.2) is 4.79 Å². The van der Waals surface area contributed by atoms with Gasteiger partial charge in [-0.05, 0) is 56.3 Å². The van der Waals surface area contributed by atoms with E-state index >= 15 is 0 Å². The molecule has 1 aromatic rings. The van der Waals surface area contributed by atoms with E-state index in [2.05, 4.69) is 5.32 Å². The maximum absolute atomic E-state index is 12.2. The number of benzene rings is 1. The number of hydrogen-bond acceptors (Lipinski definition) is 5. The number of halogens is 1. The van der Waals surface area contributed by atoms with Crippen molar-refractivity contribution in [2.75, 3.05) is 26.3 Å². The zero-order valence-corrected chi connectivity index (χ0v) is 16.1. The van der Waals surface area contributed by atoms with Crippen LogP contribution in [0.1, 0.15) is 31.7 Å². The number of amides is 1. The lowest BCUT2D eigenvalue weighted by Crippen LogP contribution is -2.36. The van der Waals surface area contributed by atoms with Gasteiger partial charge in [0.25, 0.3) is 0 Å². The third-order valence-electron chi connectivity index (χ3n) is 4.60. The van der Waals surface area contributed by atoms with Gasteiger partial charge in [0.15, 0.2) is 6.61 Å². The average molecular weight is 385 g/mol. The molecular weight excluding hydrogens is 356 g/mol. The molecule has 2 rings (SSSR count). The average Bonchev–Trinajstić information content (AvgIpc) is 3.10. The number of nitrogens with one attached hydrogen (secondary N) is 1. The van der Waals surface area contributed by atoms with Gasteiger partial charge in [-0.15, -0.1) is 12.4 Å². The molecule has 0 saturated heterocycles.